The minimum atomic E-state index is -0.719. The Bertz CT molecular complexity index is 783. The molecule has 2 aromatic carbocycles. The van der Waals surface area contributed by atoms with Crippen molar-refractivity contribution in [1.82, 2.24) is 0 Å². The van der Waals surface area contributed by atoms with Crippen molar-refractivity contribution in [2.75, 3.05) is 14.2 Å². The summed E-state index contributed by atoms with van der Waals surface area (Å²) < 4.78 is 10.6. The first-order chi connectivity index (χ1) is 12.6. The quantitative estimate of drug-likeness (QED) is 0.851. The fourth-order valence-corrected chi connectivity index (χ4v) is 5.02. The zero-order valence-corrected chi connectivity index (χ0v) is 15.3. The van der Waals surface area contributed by atoms with Crippen molar-refractivity contribution < 1.29 is 19.7 Å². The first-order valence-electron chi connectivity index (χ1n) is 9.37. The molecule has 1 saturated carbocycles. The van der Waals surface area contributed by atoms with Crippen LogP contribution < -0.4 is 9.47 Å². The predicted molar refractivity (Wildman–Crippen MR) is 100 cm³/mol. The van der Waals surface area contributed by atoms with Gasteiger partial charge in [0, 0.05) is 17.5 Å². The first kappa shape index (κ1) is 17.2. The number of aliphatic hydroxyl groups is 1. The summed E-state index contributed by atoms with van der Waals surface area (Å²) in [5.41, 5.74) is 2.84. The molecule has 0 bridgehead atoms. The number of methoxy groups -OCH3 is 2. The molecular weight excluding hydrogens is 328 g/mol. The Morgan fingerprint density at radius 1 is 0.923 bits per heavy atom. The summed E-state index contributed by atoms with van der Waals surface area (Å²) >= 11 is 0. The molecule has 0 heterocycles. The third-order valence-corrected chi connectivity index (χ3v) is 6.22. The van der Waals surface area contributed by atoms with E-state index in [9.17, 15) is 10.2 Å². The van der Waals surface area contributed by atoms with Gasteiger partial charge in [-0.05, 0) is 54.0 Å². The number of ether oxygens (including phenoxy) is 2. The number of phenolic OH excluding ortho intramolecular Hbond substituents is 1. The molecule has 138 valence electrons. The first-order valence-corrected chi connectivity index (χ1v) is 9.37. The molecule has 26 heavy (non-hydrogen) atoms. The molecule has 1 fully saturated rings. The van der Waals surface area contributed by atoms with E-state index in [1.165, 1.54) is 12.8 Å². The maximum atomic E-state index is 11.3. The molecule has 2 aliphatic carbocycles. The number of hydrogen-bond donors (Lipinski definition) is 2. The van der Waals surface area contributed by atoms with Gasteiger partial charge in [-0.3, -0.25) is 0 Å². The molecule has 0 radical (unpaired) electrons. The van der Waals surface area contributed by atoms with E-state index >= 15 is 0 Å². The standard InChI is InChI=1S/C22H26O4/c1-25-14-9-7-13(8-10-14)20-17-6-4-3-5-16(17)18-11-15(26-2)12-19(23)21(18)22(20)24/h7-12,16-17,20,22-24H,3-6H2,1-2H3/t16-,17+,20?,22?/m1/s1. The number of phenols is 1. The second kappa shape index (κ2) is 6.84. The monoisotopic (exact) mass is 354 g/mol. The highest BCUT2D eigenvalue weighted by atomic mass is 16.5. The number of benzene rings is 2. The molecule has 4 atom stereocenters. The topological polar surface area (TPSA) is 58.9 Å². The Labute approximate surface area is 154 Å². The number of fused-ring (bicyclic) bond motifs is 3. The maximum Gasteiger partial charge on any atom is 0.125 e. The zero-order chi connectivity index (χ0) is 18.3. The van der Waals surface area contributed by atoms with Gasteiger partial charge in [0.25, 0.3) is 0 Å². The molecule has 0 aliphatic heterocycles. The van der Waals surface area contributed by atoms with E-state index in [-0.39, 0.29) is 11.7 Å². The highest BCUT2D eigenvalue weighted by Crippen LogP contribution is 2.57. The van der Waals surface area contributed by atoms with Crippen molar-refractivity contribution in [1.29, 1.82) is 0 Å². The summed E-state index contributed by atoms with van der Waals surface area (Å²) in [5.74, 6) is 2.29. The van der Waals surface area contributed by atoms with Gasteiger partial charge in [-0.25, -0.2) is 0 Å². The van der Waals surface area contributed by atoms with Crippen LogP contribution in [0.1, 0.15) is 60.3 Å². The summed E-state index contributed by atoms with van der Waals surface area (Å²) in [6.07, 6.45) is 3.83. The molecule has 4 nitrogen and oxygen atoms in total. The van der Waals surface area contributed by atoms with Gasteiger partial charge in [-0.1, -0.05) is 25.0 Å². The lowest BCUT2D eigenvalue weighted by Crippen LogP contribution is -2.34. The maximum absolute atomic E-state index is 11.3. The fourth-order valence-electron chi connectivity index (χ4n) is 5.02. The Morgan fingerprint density at radius 2 is 1.62 bits per heavy atom. The van der Waals surface area contributed by atoms with Crippen molar-refractivity contribution in [3.63, 3.8) is 0 Å². The van der Waals surface area contributed by atoms with E-state index in [4.69, 9.17) is 9.47 Å². The molecule has 2 aliphatic rings. The lowest BCUT2D eigenvalue weighted by molar-refractivity contribution is 0.0728. The Kier molecular flexibility index (Phi) is 4.53. The second-order valence-corrected chi connectivity index (χ2v) is 7.45. The van der Waals surface area contributed by atoms with Crippen LogP contribution in [0.2, 0.25) is 0 Å². The molecule has 0 saturated heterocycles. The van der Waals surface area contributed by atoms with Crippen molar-refractivity contribution in [3.05, 3.63) is 53.1 Å². The second-order valence-electron chi connectivity index (χ2n) is 7.45. The third-order valence-electron chi connectivity index (χ3n) is 6.22. The Hall–Kier alpha value is -2.20. The van der Waals surface area contributed by atoms with Gasteiger partial charge in [-0.2, -0.15) is 0 Å². The van der Waals surface area contributed by atoms with Crippen LogP contribution in [0.25, 0.3) is 0 Å². The zero-order valence-electron chi connectivity index (χ0n) is 15.3. The van der Waals surface area contributed by atoms with Crippen molar-refractivity contribution in [2.24, 2.45) is 5.92 Å². The largest absolute Gasteiger partial charge is 0.507 e. The number of aromatic hydroxyl groups is 1. The predicted octanol–water partition coefficient (Wildman–Crippen LogP) is 4.51. The summed E-state index contributed by atoms with van der Waals surface area (Å²) in [6, 6.07) is 11.6. The van der Waals surface area contributed by atoms with Crippen LogP contribution in [0.15, 0.2) is 36.4 Å². The van der Waals surface area contributed by atoms with Gasteiger partial charge in [0.1, 0.15) is 17.2 Å². The molecule has 0 aromatic heterocycles. The van der Waals surface area contributed by atoms with E-state index in [0.717, 1.165) is 29.7 Å². The van der Waals surface area contributed by atoms with Gasteiger partial charge in [0.2, 0.25) is 0 Å². The van der Waals surface area contributed by atoms with Crippen LogP contribution >= 0.6 is 0 Å². The average Bonchev–Trinajstić information content (AvgIpc) is 2.68. The fraction of sp³-hybridized carbons (Fsp3) is 0.455. The molecule has 2 unspecified atom stereocenters. The van der Waals surface area contributed by atoms with Gasteiger partial charge >= 0.3 is 0 Å². The van der Waals surface area contributed by atoms with Gasteiger partial charge in [0.15, 0.2) is 0 Å². The smallest absolute Gasteiger partial charge is 0.125 e. The summed E-state index contributed by atoms with van der Waals surface area (Å²) in [4.78, 5) is 0. The lowest BCUT2D eigenvalue weighted by Gasteiger charge is -2.45. The normalized spacial score (nSPS) is 27.3. The molecule has 4 heteroatoms. The third kappa shape index (κ3) is 2.73. The van der Waals surface area contributed by atoms with Crippen LogP contribution in [-0.4, -0.2) is 24.4 Å². The molecule has 0 amide bonds. The van der Waals surface area contributed by atoms with Crippen LogP contribution in [0, 0.1) is 5.92 Å². The van der Waals surface area contributed by atoms with Crippen molar-refractivity contribution in [3.8, 4) is 17.2 Å². The molecule has 2 aromatic rings. The van der Waals surface area contributed by atoms with Gasteiger partial charge in [0.05, 0.1) is 20.3 Å². The highest BCUT2D eigenvalue weighted by molar-refractivity contribution is 5.52. The minimum Gasteiger partial charge on any atom is -0.507 e. The lowest BCUT2D eigenvalue weighted by atomic mass is 9.60. The van der Waals surface area contributed by atoms with E-state index in [0.29, 0.717) is 23.1 Å². The number of rotatable bonds is 3. The number of aliphatic hydroxyl groups excluding tert-OH is 1. The van der Waals surface area contributed by atoms with Gasteiger partial charge in [-0.15, -0.1) is 0 Å². The van der Waals surface area contributed by atoms with E-state index in [2.05, 4.69) is 0 Å². The van der Waals surface area contributed by atoms with Crippen LogP contribution in [0.4, 0.5) is 0 Å². The molecule has 4 rings (SSSR count). The van der Waals surface area contributed by atoms with E-state index in [1.54, 1.807) is 20.3 Å². The molecule has 2 N–H and O–H groups in total. The van der Waals surface area contributed by atoms with Gasteiger partial charge < -0.3 is 19.7 Å². The molecule has 0 spiro atoms. The van der Waals surface area contributed by atoms with Crippen molar-refractivity contribution in [2.45, 2.75) is 43.6 Å². The Balaban J connectivity index is 1.83. The average molecular weight is 354 g/mol. The van der Waals surface area contributed by atoms with Crippen LogP contribution in [0.3, 0.4) is 0 Å². The minimum absolute atomic E-state index is 0.0157. The summed E-state index contributed by atoms with van der Waals surface area (Å²) in [5, 5.41) is 21.9. The van der Waals surface area contributed by atoms with E-state index < -0.39 is 6.10 Å². The SMILES string of the molecule is COc1ccc(C2C(O)c3c(O)cc(OC)cc3[C@@H]3CCCC[C@H]23)cc1. The highest BCUT2D eigenvalue weighted by Gasteiger charge is 2.45. The summed E-state index contributed by atoms with van der Waals surface area (Å²) in [6.45, 7) is 0. The summed E-state index contributed by atoms with van der Waals surface area (Å²) in [7, 11) is 3.27. The van der Waals surface area contributed by atoms with Crippen LogP contribution in [0.5, 0.6) is 17.2 Å². The van der Waals surface area contributed by atoms with Crippen LogP contribution in [-0.2, 0) is 0 Å². The number of hydrogen-bond acceptors (Lipinski definition) is 4. The molecular formula is C22H26O4. The Morgan fingerprint density at radius 3 is 2.31 bits per heavy atom. The van der Waals surface area contributed by atoms with E-state index in [1.807, 2.05) is 30.3 Å². The van der Waals surface area contributed by atoms with Crippen molar-refractivity contribution >= 4 is 0 Å².